The Balaban J connectivity index is 3.73. The lowest BCUT2D eigenvalue weighted by atomic mass is 10.0. The van der Waals surface area contributed by atoms with E-state index in [9.17, 15) is 31.2 Å². The highest BCUT2D eigenvalue weighted by molar-refractivity contribution is 7.86. The Morgan fingerprint density at radius 2 is 1.61 bits per heavy atom. The maximum atomic E-state index is 13.3. The molecule has 0 N–H and O–H groups in total. The van der Waals surface area contributed by atoms with Crippen molar-refractivity contribution in [3.05, 3.63) is 35.9 Å². The molecule has 1 aromatic rings. The summed E-state index contributed by atoms with van der Waals surface area (Å²) in [6.07, 6.45) is -6.30. The van der Waals surface area contributed by atoms with Crippen LogP contribution in [-0.4, -0.2) is 58.7 Å². The average Bonchev–Trinajstić information content (AvgIpc) is 2.54. The molecule has 7 nitrogen and oxygen atoms in total. The van der Waals surface area contributed by atoms with E-state index in [1.54, 1.807) is 6.07 Å². The van der Waals surface area contributed by atoms with E-state index in [2.05, 4.69) is 4.74 Å². The summed E-state index contributed by atoms with van der Waals surface area (Å²) in [4.78, 5) is 24.7. The van der Waals surface area contributed by atoms with Crippen molar-refractivity contribution in [2.45, 2.75) is 38.0 Å². The quantitative estimate of drug-likeness (QED) is 0.367. The molecule has 0 radical (unpaired) electrons. The molecule has 28 heavy (non-hydrogen) atoms. The molecule has 0 saturated heterocycles. The van der Waals surface area contributed by atoms with Gasteiger partial charge in [0.25, 0.3) is 10.1 Å². The zero-order valence-electron chi connectivity index (χ0n) is 16.0. The van der Waals surface area contributed by atoms with Crippen LogP contribution in [0.4, 0.5) is 13.2 Å². The maximum Gasteiger partial charge on any atom is 0.470 e. The number of alkyl halides is 3. The number of rotatable bonds is 7. The predicted molar refractivity (Wildman–Crippen MR) is 97.2 cm³/mol. The molecule has 158 valence electrons. The van der Waals surface area contributed by atoms with Crippen molar-refractivity contribution < 1.29 is 40.1 Å². The zero-order chi connectivity index (χ0) is 21.9. The first kappa shape index (κ1) is 24.1. The van der Waals surface area contributed by atoms with Crippen LogP contribution in [0.25, 0.3) is 0 Å². The highest BCUT2D eigenvalue weighted by Crippen LogP contribution is 2.34. The topological polar surface area (TPSA) is 90.0 Å². The van der Waals surface area contributed by atoms with Gasteiger partial charge >= 0.3 is 18.1 Å². The normalized spacial score (nSPS) is 14.9. The van der Waals surface area contributed by atoms with Gasteiger partial charge in [-0.1, -0.05) is 50.0 Å². The molecule has 0 saturated carbocycles. The van der Waals surface area contributed by atoms with E-state index in [0.29, 0.717) is 10.8 Å². The van der Waals surface area contributed by atoms with Crippen molar-refractivity contribution in [2.75, 3.05) is 13.4 Å². The molecule has 1 amide bonds. The van der Waals surface area contributed by atoms with E-state index < -0.39 is 48.6 Å². The number of methoxy groups -OCH3 is 1. The van der Waals surface area contributed by atoms with Crippen LogP contribution in [0.5, 0.6) is 0 Å². The van der Waals surface area contributed by atoms with Crippen molar-refractivity contribution in [2.24, 2.45) is 0 Å². The molecule has 0 fully saturated rings. The maximum absolute atomic E-state index is 13.3. The van der Waals surface area contributed by atoms with E-state index in [1.807, 2.05) is 0 Å². The Bertz CT molecular complexity index is 808. The summed E-state index contributed by atoms with van der Waals surface area (Å²) in [5.41, 5.74) is 0.0987. The van der Waals surface area contributed by atoms with Crippen LogP contribution >= 0.6 is 0 Å². The van der Waals surface area contributed by atoms with E-state index >= 15 is 0 Å². The van der Waals surface area contributed by atoms with Crippen LogP contribution in [0.15, 0.2) is 30.3 Å². The predicted octanol–water partition coefficient (Wildman–Crippen LogP) is 2.47. The second kappa shape index (κ2) is 8.62. The fourth-order valence-electron chi connectivity index (χ4n) is 2.59. The molecule has 0 heterocycles. The molecule has 2 atom stereocenters. The lowest BCUT2D eigenvalue weighted by Gasteiger charge is -2.42. The zero-order valence-corrected chi connectivity index (χ0v) is 17.8. The van der Waals surface area contributed by atoms with Crippen molar-refractivity contribution in [3.8, 4) is 0 Å². The van der Waals surface area contributed by atoms with Gasteiger partial charge in [0, 0.05) is 0 Å². The first-order chi connectivity index (χ1) is 12.6. The number of amides is 1. The number of halogens is 3. The number of ether oxygens (including phenoxy) is 1. The van der Waals surface area contributed by atoms with Gasteiger partial charge in [0.05, 0.1) is 13.4 Å². The number of nitrogens with zero attached hydrogens (tertiary/aromatic N) is 1. The van der Waals surface area contributed by atoms with Gasteiger partial charge in [-0.15, -0.1) is 0 Å². The summed E-state index contributed by atoms with van der Waals surface area (Å²) in [6, 6.07) is 5.38. The Hall–Kier alpha value is -1.92. The van der Waals surface area contributed by atoms with E-state index in [4.69, 9.17) is 4.18 Å². The van der Waals surface area contributed by atoms with Gasteiger partial charge in [-0.2, -0.15) is 21.6 Å². The molecule has 12 heteroatoms. The van der Waals surface area contributed by atoms with Crippen LogP contribution in [0.1, 0.15) is 11.7 Å². The van der Waals surface area contributed by atoms with Crippen molar-refractivity contribution in [1.29, 1.82) is 0 Å². The Kier molecular flexibility index (Phi) is 7.42. The minimum absolute atomic E-state index is 0.0987. The van der Waals surface area contributed by atoms with Crippen LogP contribution in [-0.2, 0) is 28.6 Å². The lowest BCUT2D eigenvalue weighted by Crippen LogP contribution is -2.63. The minimum Gasteiger partial charge on any atom is -0.467 e. The SMILES string of the molecule is COC(=O)[C@@H]([C@H](OS(C)(=O)=O)c1ccccc1)N(C(=O)C(F)(F)F)[Si](C)(C)C. The monoisotopic (exact) mass is 441 g/mol. The number of carbonyl (C=O) groups excluding carboxylic acids is 2. The molecular formula is C16H22F3NO6SSi. The third kappa shape index (κ3) is 6.31. The largest absolute Gasteiger partial charge is 0.470 e. The Labute approximate surface area is 162 Å². The van der Waals surface area contributed by atoms with E-state index in [-0.39, 0.29) is 5.56 Å². The number of hydrogen-bond donors (Lipinski definition) is 0. The van der Waals surface area contributed by atoms with Gasteiger partial charge in [-0.3, -0.25) is 8.98 Å². The van der Waals surface area contributed by atoms with Gasteiger partial charge in [0.15, 0.2) is 14.3 Å². The molecule has 0 aromatic heterocycles. The van der Waals surface area contributed by atoms with Gasteiger partial charge in [-0.05, 0) is 5.56 Å². The van der Waals surface area contributed by atoms with Gasteiger partial charge in [0.2, 0.25) is 0 Å². The molecule has 0 spiro atoms. The number of hydrogen-bond acceptors (Lipinski definition) is 6. The molecule has 1 aromatic carbocycles. The Morgan fingerprint density at radius 1 is 1.11 bits per heavy atom. The fraction of sp³-hybridized carbons (Fsp3) is 0.500. The molecule has 1 rings (SSSR count). The van der Waals surface area contributed by atoms with Gasteiger partial charge in [-0.25, -0.2) is 4.79 Å². The highest BCUT2D eigenvalue weighted by Gasteiger charge is 2.53. The van der Waals surface area contributed by atoms with E-state index in [0.717, 1.165) is 7.11 Å². The number of carbonyl (C=O) groups is 2. The summed E-state index contributed by atoms with van der Waals surface area (Å²) in [7, 11) is -6.47. The van der Waals surface area contributed by atoms with Gasteiger partial charge in [0.1, 0.15) is 6.10 Å². The minimum atomic E-state index is -5.28. The Morgan fingerprint density at radius 3 is 1.96 bits per heavy atom. The molecule has 0 aliphatic rings. The molecule has 0 aliphatic carbocycles. The standard InChI is InChI=1S/C16H22F3NO6SSi/c1-25-14(21)12(20(28(3,4)5)15(22)16(17,18)19)13(26-27(2,23)24)11-9-7-6-8-10-11/h6-10,12-13H,1-5H3/t12-,13-/m1/s1. The third-order valence-electron chi connectivity index (χ3n) is 3.60. The van der Waals surface area contributed by atoms with Crippen molar-refractivity contribution >= 4 is 30.2 Å². The van der Waals surface area contributed by atoms with Crippen LogP contribution < -0.4 is 0 Å². The second-order valence-electron chi connectivity index (χ2n) is 6.94. The summed E-state index contributed by atoms with van der Waals surface area (Å²) >= 11 is 0. The van der Waals surface area contributed by atoms with Crippen LogP contribution in [0.2, 0.25) is 19.6 Å². The smallest absolute Gasteiger partial charge is 0.467 e. The van der Waals surface area contributed by atoms with Crippen LogP contribution in [0, 0.1) is 0 Å². The summed E-state index contributed by atoms with van der Waals surface area (Å²) in [5, 5.41) is 0. The first-order valence-electron chi connectivity index (χ1n) is 8.01. The molecular weight excluding hydrogens is 419 g/mol. The van der Waals surface area contributed by atoms with Crippen molar-refractivity contribution in [1.82, 2.24) is 4.57 Å². The van der Waals surface area contributed by atoms with Gasteiger partial charge < -0.3 is 9.30 Å². The summed E-state index contributed by atoms with van der Waals surface area (Å²) in [6.45, 7) is 4.24. The summed E-state index contributed by atoms with van der Waals surface area (Å²) < 4.78 is 73.4. The highest BCUT2D eigenvalue weighted by atomic mass is 32.2. The summed E-state index contributed by atoms with van der Waals surface area (Å²) in [5.74, 6) is -3.49. The first-order valence-corrected chi connectivity index (χ1v) is 13.3. The van der Waals surface area contributed by atoms with Crippen LogP contribution in [0.3, 0.4) is 0 Å². The third-order valence-corrected chi connectivity index (χ3v) is 6.08. The second-order valence-corrected chi connectivity index (χ2v) is 13.4. The fourth-order valence-corrected chi connectivity index (χ4v) is 5.00. The number of benzene rings is 1. The molecule has 0 bridgehead atoms. The lowest BCUT2D eigenvalue weighted by molar-refractivity contribution is -0.186. The number of esters is 1. The molecule has 0 aliphatic heterocycles. The van der Waals surface area contributed by atoms with Crippen molar-refractivity contribution in [3.63, 3.8) is 0 Å². The molecule has 0 unspecified atom stereocenters. The average molecular weight is 442 g/mol. The van der Waals surface area contributed by atoms with E-state index in [1.165, 1.54) is 43.9 Å².